The lowest BCUT2D eigenvalue weighted by Gasteiger charge is -2.35. The molecule has 2 aliphatic carbocycles. The molecule has 0 saturated heterocycles. The minimum atomic E-state index is 0.0769. The minimum Gasteiger partial charge on any atom is -0.353 e. The molecule has 28 heavy (non-hydrogen) atoms. The minimum absolute atomic E-state index is 0.0769. The molecule has 1 aromatic carbocycles. The lowest BCUT2D eigenvalue weighted by atomic mass is 9.80. The van der Waals surface area contributed by atoms with E-state index in [9.17, 15) is 9.59 Å². The van der Waals surface area contributed by atoms with Gasteiger partial charge in [-0.25, -0.2) is 0 Å². The Morgan fingerprint density at radius 1 is 0.821 bits per heavy atom. The molecule has 0 radical (unpaired) electrons. The van der Waals surface area contributed by atoms with Crippen molar-refractivity contribution in [1.29, 1.82) is 0 Å². The Labute approximate surface area is 169 Å². The van der Waals surface area contributed by atoms with Gasteiger partial charge in [-0.15, -0.1) is 0 Å². The number of hydrogen-bond acceptors (Lipinski definition) is 2. The van der Waals surface area contributed by atoms with E-state index in [4.69, 9.17) is 0 Å². The molecule has 4 heteroatoms. The quantitative estimate of drug-likeness (QED) is 0.776. The van der Waals surface area contributed by atoms with Crippen LogP contribution in [-0.2, 0) is 16.0 Å². The number of nitrogens with zero attached hydrogens (tertiary/aromatic N) is 1. The highest BCUT2D eigenvalue weighted by Crippen LogP contribution is 2.34. The second-order valence-electron chi connectivity index (χ2n) is 8.97. The maximum Gasteiger partial charge on any atom is 0.230 e. The number of amides is 2. The number of hydrogen-bond donors (Lipinski definition) is 1. The Morgan fingerprint density at radius 3 is 2.25 bits per heavy atom. The zero-order valence-corrected chi connectivity index (χ0v) is 17.0. The molecule has 2 fully saturated rings. The molecule has 0 atom stereocenters. The zero-order valence-electron chi connectivity index (χ0n) is 17.0. The van der Waals surface area contributed by atoms with Gasteiger partial charge in [0.25, 0.3) is 0 Å². The summed E-state index contributed by atoms with van der Waals surface area (Å²) in [5.41, 5.74) is 2.39. The van der Waals surface area contributed by atoms with Crippen LogP contribution in [0.25, 0.3) is 0 Å². The molecule has 1 aliphatic heterocycles. The fourth-order valence-electron chi connectivity index (χ4n) is 5.33. The summed E-state index contributed by atoms with van der Waals surface area (Å²) in [4.78, 5) is 27.9. The molecule has 0 spiro atoms. The third-order valence-corrected chi connectivity index (χ3v) is 7.03. The molecule has 4 nitrogen and oxygen atoms in total. The van der Waals surface area contributed by atoms with Crippen LogP contribution in [0.2, 0.25) is 0 Å². The lowest BCUT2D eigenvalue weighted by Crippen LogP contribution is -2.43. The van der Waals surface area contributed by atoms with Crippen LogP contribution in [0.15, 0.2) is 24.3 Å². The first-order chi connectivity index (χ1) is 13.7. The number of nitrogens with one attached hydrogen (secondary N) is 1. The fourth-order valence-corrected chi connectivity index (χ4v) is 5.33. The third kappa shape index (κ3) is 4.42. The van der Waals surface area contributed by atoms with Crippen LogP contribution in [0.4, 0.5) is 5.69 Å². The summed E-state index contributed by atoms with van der Waals surface area (Å²) >= 11 is 0. The van der Waals surface area contributed by atoms with E-state index in [2.05, 4.69) is 23.5 Å². The standard InChI is InChI=1S/C24H34N2O2/c27-23(25-21-10-3-1-2-4-11-21)19-13-15-20(16-14-19)24(28)26-17-7-9-18-8-5-6-12-22(18)26/h5-6,8,12,19-21H,1-4,7,9-11,13-17H2,(H,25,27). The maximum atomic E-state index is 13.2. The largest absolute Gasteiger partial charge is 0.353 e. The van der Waals surface area contributed by atoms with Crippen molar-refractivity contribution >= 4 is 17.5 Å². The molecule has 152 valence electrons. The van der Waals surface area contributed by atoms with Crippen molar-refractivity contribution in [3.63, 3.8) is 0 Å². The van der Waals surface area contributed by atoms with Gasteiger partial charge in [-0.3, -0.25) is 9.59 Å². The van der Waals surface area contributed by atoms with Crippen molar-refractivity contribution in [2.24, 2.45) is 11.8 Å². The summed E-state index contributed by atoms with van der Waals surface area (Å²) in [6, 6.07) is 8.69. The van der Waals surface area contributed by atoms with E-state index in [0.29, 0.717) is 6.04 Å². The normalized spacial score (nSPS) is 26.2. The SMILES string of the molecule is O=C(NC1CCCCCC1)C1CCC(C(=O)N2CCCc3ccccc32)CC1. The Balaban J connectivity index is 1.30. The molecule has 0 bridgehead atoms. The zero-order chi connectivity index (χ0) is 19.3. The van der Waals surface area contributed by atoms with Gasteiger partial charge >= 0.3 is 0 Å². The molecule has 1 heterocycles. The molecule has 0 unspecified atom stereocenters. The van der Waals surface area contributed by atoms with Gasteiger partial charge < -0.3 is 10.2 Å². The van der Waals surface area contributed by atoms with Gasteiger partial charge in [0.2, 0.25) is 11.8 Å². The van der Waals surface area contributed by atoms with Gasteiger partial charge in [-0.2, -0.15) is 0 Å². The lowest BCUT2D eigenvalue weighted by molar-refractivity contribution is -0.129. The Bertz CT molecular complexity index is 686. The molecule has 3 aliphatic rings. The van der Waals surface area contributed by atoms with Gasteiger partial charge in [0, 0.05) is 30.1 Å². The van der Waals surface area contributed by atoms with Crippen molar-refractivity contribution in [3.05, 3.63) is 29.8 Å². The molecule has 1 N–H and O–H groups in total. The van der Waals surface area contributed by atoms with Crippen LogP contribution in [0.5, 0.6) is 0 Å². The van der Waals surface area contributed by atoms with Crippen LogP contribution in [0.1, 0.15) is 76.2 Å². The topological polar surface area (TPSA) is 49.4 Å². The number of para-hydroxylation sites is 1. The number of carbonyl (C=O) groups is 2. The fraction of sp³-hybridized carbons (Fsp3) is 0.667. The number of aryl methyl sites for hydroxylation is 1. The highest BCUT2D eigenvalue weighted by atomic mass is 16.2. The maximum absolute atomic E-state index is 13.2. The van der Waals surface area contributed by atoms with Gasteiger partial charge in [-0.05, 0) is 63.0 Å². The number of carbonyl (C=O) groups excluding carboxylic acids is 2. The predicted molar refractivity (Wildman–Crippen MR) is 112 cm³/mol. The van der Waals surface area contributed by atoms with Crippen molar-refractivity contribution in [1.82, 2.24) is 5.32 Å². The summed E-state index contributed by atoms with van der Waals surface area (Å²) in [6.07, 6.45) is 12.9. The van der Waals surface area contributed by atoms with Crippen LogP contribution in [0, 0.1) is 11.8 Å². The number of rotatable bonds is 3. The van der Waals surface area contributed by atoms with Crippen LogP contribution in [-0.4, -0.2) is 24.4 Å². The molecule has 2 saturated carbocycles. The van der Waals surface area contributed by atoms with Gasteiger partial charge in [0.1, 0.15) is 0 Å². The van der Waals surface area contributed by atoms with Crippen LogP contribution < -0.4 is 10.2 Å². The first-order valence-corrected chi connectivity index (χ1v) is 11.4. The highest BCUT2D eigenvalue weighted by molar-refractivity contribution is 5.96. The second kappa shape index (κ2) is 9.11. The summed E-state index contributed by atoms with van der Waals surface area (Å²) in [5, 5.41) is 3.31. The summed E-state index contributed by atoms with van der Waals surface area (Å²) in [6.45, 7) is 0.831. The highest BCUT2D eigenvalue weighted by Gasteiger charge is 2.34. The summed E-state index contributed by atoms with van der Waals surface area (Å²) in [7, 11) is 0. The number of anilines is 1. The van der Waals surface area contributed by atoms with E-state index in [0.717, 1.165) is 63.6 Å². The molecular weight excluding hydrogens is 348 g/mol. The van der Waals surface area contributed by atoms with E-state index >= 15 is 0 Å². The Morgan fingerprint density at radius 2 is 1.50 bits per heavy atom. The van der Waals surface area contributed by atoms with Crippen molar-refractivity contribution in [2.75, 3.05) is 11.4 Å². The van der Waals surface area contributed by atoms with Crippen molar-refractivity contribution < 1.29 is 9.59 Å². The van der Waals surface area contributed by atoms with E-state index in [1.807, 2.05) is 11.0 Å². The Hall–Kier alpha value is -1.84. The third-order valence-electron chi connectivity index (χ3n) is 7.03. The monoisotopic (exact) mass is 382 g/mol. The summed E-state index contributed by atoms with van der Waals surface area (Å²) in [5.74, 6) is 0.685. The van der Waals surface area contributed by atoms with Crippen LogP contribution in [0.3, 0.4) is 0 Å². The first-order valence-electron chi connectivity index (χ1n) is 11.4. The van der Waals surface area contributed by atoms with Crippen molar-refractivity contribution in [3.8, 4) is 0 Å². The van der Waals surface area contributed by atoms with Gasteiger partial charge in [0.15, 0.2) is 0 Å². The van der Waals surface area contributed by atoms with Gasteiger partial charge in [0.05, 0.1) is 0 Å². The average Bonchev–Trinajstić information content (AvgIpc) is 3.01. The van der Waals surface area contributed by atoms with Crippen molar-refractivity contribution in [2.45, 2.75) is 83.1 Å². The average molecular weight is 383 g/mol. The van der Waals surface area contributed by atoms with Gasteiger partial charge in [-0.1, -0.05) is 43.9 Å². The predicted octanol–water partition coefficient (Wildman–Crippen LogP) is 4.61. The van der Waals surface area contributed by atoms with Crippen LogP contribution >= 0.6 is 0 Å². The number of benzene rings is 1. The first kappa shape index (κ1) is 19.5. The smallest absolute Gasteiger partial charge is 0.230 e. The second-order valence-corrected chi connectivity index (χ2v) is 8.97. The Kier molecular flexibility index (Phi) is 6.33. The molecule has 1 aromatic rings. The molecule has 2 amide bonds. The molecule has 0 aromatic heterocycles. The summed E-state index contributed by atoms with van der Waals surface area (Å²) < 4.78 is 0. The molecular formula is C24H34N2O2. The molecule has 4 rings (SSSR count). The van der Waals surface area contributed by atoms with E-state index in [1.54, 1.807) is 0 Å². The van der Waals surface area contributed by atoms with E-state index < -0.39 is 0 Å². The number of fused-ring (bicyclic) bond motifs is 1. The van der Waals surface area contributed by atoms with E-state index in [-0.39, 0.29) is 23.7 Å². The van der Waals surface area contributed by atoms with E-state index in [1.165, 1.54) is 31.2 Å².